The number of imidazole rings is 1. The van der Waals surface area contributed by atoms with Gasteiger partial charge in [0, 0.05) is 42.3 Å². The van der Waals surface area contributed by atoms with E-state index < -0.39 is 0 Å². The molecule has 0 amide bonds. The van der Waals surface area contributed by atoms with Gasteiger partial charge in [-0.2, -0.15) is 0 Å². The van der Waals surface area contributed by atoms with Crippen LogP contribution in [0.2, 0.25) is 5.02 Å². The van der Waals surface area contributed by atoms with Gasteiger partial charge in [-0.15, -0.1) is 0 Å². The largest absolute Gasteiger partial charge is 0.384 e. The molecule has 3 rings (SSSR count). The molecular formula is C24H30ClFN6O. The van der Waals surface area contributed by atoms with Crippen LogP contribution < -0.4 is 5.73 Å². The Kier molecular flexibility index (Phi) is 8.55. The number of nitrogens with two attached hydrogens (primary N) is 1. The van der Waals surface area contributed by atoms with Gasteiger partial charge in [0.2, 0.25) is 0 Å². The van der Waals surface area contributed by atoms with E-state index in [0.29, 0.717) is 42.6 Å². The SMILES string of the molecule is CC(C)=CC(N)=NC(=N)/C=C(/CN1CCOCC1)c1nc(Cc2ccc(Cl)cc2F)c(C)[nH]1. The maximum Gasteiger partial charge on any atom is 0.147 e. The van der Waals surface area contributed by atoms with Gasteiger partial charge in [-0.3, -0.25) is 10.3 Å². The maximum atomic E-state index is 14.3. The van der Waals surface area contributed by atoms with Gasteiger partial charge in [0.15, 0.2) is 0 Å². The normalized spacial score (nSPS) is 15.5. The van der Waals surface area contributed by atoms with Gasteiger partial charge in [-0.05, 0) is 50.6 Å². The number of H-pyrrole nitrogens is 1. The average Bonchev–Trinajstić information content (AvgIpc) is 3.10. The molecule has 1 saturated heterocycles. The highest BCUT2D eigenvalue weighted by molar-refractivity contribution is 6.30. The van der Waals surface area contributed by atoms with Crippen molar-refractivity contribution in [3.8, 4) is 0 Å². The van der Waals surface area contributed by atoms with Crippen LogP contribution in [0.1, 0.15) is 36.6 Å². The molecule has 176 valence electrons. The molecule has 0 bridgehead atoms. The number of hydrogen-bond acceptors (Lipinski definition) is 4. The molecule has 0 radical (unpaired) electrons. The number of ether oxygens (including phenoxy) is 1. The van der Waals surface area contributed by atoms with E-state index in [1.807, 2.05) is 20.8 Å². The van der Waals surface area contributed by atoms with Crippen molar-refractivity contribution in [1.29, 1.82) is 5.41 Å². The second kappa shape index (κ2) is 11.4. The molecular weight excluding hydrogens is 443 g/mol. The third-order valence-corrected chi connectivity index (χ3v) is 5.39. The first kappa shape index (κ1) is 24.8. The van der Waals surface area contributed by atoms with Gasteiger partial charge >= 0.3 is 0 Å². The van der Waals surface area contributed by atoms with Crippen molar-refractivity contribution in [2.75, 3.05) is 32.8 Å². The lowest BCUT2D eigenvalue weighted by molar-refractivity contribution is 0.0443. The van der Waals surface area contributed by atoms with Crippen molar-refractivity contribution >= 4 is 28.8 Å². The number of allylic oxidation sites excluding steroid dienone is 1. The van der Waals surface area contributed by atoms with Crippen LogP contribution in [0.3, 0.4) is 0 Å². The third-order valence-electron chi connectivity index (χ3n) is 5.16. The van der Waals surface area contributed by atoms with Crippen molar-refractivity contribution < 1.29 is 9.13 Å². The summed E-state index contributed by atoms with van der Waals surface area (Å²) in [5, 5.41) is 8.69. The maximum absolute atomic E-state index is 14.3. The van der Waals surface area contributed by atoms with E-state index in [9.17, 15) is 4.39 Å². The topological polar surface area (TPSA) is 103 Å². The minimum atomic E-state index is -0.360. The number of aromatic amines is 1. The molecule has 2 heterocycles. The van der Waals surface area contributed by atoms with Crippen LogP contribution in [0.25, 0.3) is 5.57 Å². The predicted octanol–water partition coefficient (Wildman–Crippen LogP) is 4.12. The van der Waals surface area contributed by atoms with E-state index in [1.165, 1.54) is 6.07 Å². The molecule has 1 aromatic heterocycles. The zero-order valence-electron chi connectivity index (χ0n) is 19.2. The highest BCUT2D eigenvalue weighted by atomic mass is 35.5. The summed E-state index contributed by atoms with van der Waals surface area (Å²) in [6.07, 6.45) is 3.73. The first-order valence-corrected chi connectivity index (χ1v) is 11.2. The van der Waals surface area contributed by atoms with Crippen LogP contribution >= 0.6 is 11.6 Å². The molecule has 1 fully saturated rings. The number of benzene rings is 1. The smallest absolute Gasteiger partial charge is 0.147 e. The van der Waals surface area contributed by atoms with Crippen molar-refractivity contribution in [3.63, 3.8) is 0 Å². The minimum absolute atomic E-state index is 0.0348. The number of nitrogens with zero attached hydrogens (tertiary/aromatic N) is 3. The van der Waals surface area contributed by atoms with E-state index in [0.717, 1.165) is 35.6 Å². The van der Waals surface area contributed by atoms with Crippen LogP contribution in [0, 0.1) is 18.2 Å². The summed E-state index contributed by atoms with van der Waals surface area (Å²) in [6, 6.07) is 4.65. The fraction of sp³-hybridized carbons (Fsp3) is 0.375. The quantitative estimate of drug-likeness (QED) is 0.416. The van der Waals surface area contributed by atoms with Crippen LogP contribution in [0.5, 0.6) is 0 Å². The Labute approximate surface area is 198 Å². The van der Waals surface area contributed by atoms with Crippen LogP contribution in [0.4, 0.5) is 4.39 Å². The van der Waals surface area contributed by atoms with E-state index in [4.69, 9.17) is 32.5 Å². The number of aromatic nitrogens is 2. The zero-order chi connectivity index (χ0) is 24.0. The molecule has 0 unspecified atom stereocenters. The molecule has 4 N–H and O–H groups in total. The Balaban J connectivity index is 1.90. The molecule has 0 spiro atoms. The van der Waals surface area contributed by atoms with Crippen molar-refractivity contribution in [2.24, 2.45) is 10.7 Å². The molecule has 0 atom stereocenters. The van der Waals surface area contributed by atoms with Crippen LogP contribution in [0.15, 0.2) is 40.9 Å². The molecule has 0 aliphatic carbocycles. The standard InChI is InChI=1S/C24H30ClFN6O/c1-15(2)10-22(27)31-23(28)12-18(14-32-6-8-33-9-7-32)24-29-16(3)21(30-24)11-17-4-5-19(25)13-20(17)26/h4-5,10,12-13H,6-9,11,14H2,1-3H3,(H,29,30)(H3,27,28,31)/b18-12-. The summed E-state index contributed by atoms with van der Waals surface area (Å²) in [7, 11) is 0. The van der Waals surface area contributed by atoms with E-state index in [-0.39, 0.29) is 17.5 Å². The molecule has 33 heavy (non-hydrogen) atoms. The summed E-state index contributed by atoms with van der Waals surface area (Å²) in [4.78, 5) is 14.5. The summed E-state index contributed by atoms with van der Waals surface area (Å²) < 4.78 is 19.8. The molecule has 1 aliphatic rings. The van der Waals surface area contributed by atoms with Crippen LogP contribution in [-0.4, -0.2) is 59.4 Å². The molecule has 9 heteroatoms. The van der Waals surface area contributed by atoms with Gasteiger partial charge in [-0.1, -0.05) is 23.2 Å². The molecule has 0 saturated carbocycles. The van der Waals surface area contributed by atoms with Crippen molar-refractivity contribution in [3.05, 3.63) is 69.5 Å². The van der Waals surface area contributed by atoms with E-state index in [2.05, 4.69) is 14.9 Å². The lowest BCUT2D eigenvalue weighted by Crippen LogP contribution is -2.37. The zero-order valence-corrected chi connectivity index (χ0v) is 20.0. The summed E-state index contributed by atoms with van der Waals surface area (Å²) >= 11 is 5.88. The van der Waals surface area contributed by atoms with E-state index >= 15 is 0 Å². The second-order valence-electron chi connectivity index (χ2n) is 8.27. The molecule has 2 aromatic rings. The highest BCUT2D eigenvalue weighted by Crippen LogP contribution is 2.21. The van der Waals surface area contributed by atoms with Gasteiger partial charge in [0.05, 0.1) is 18.9 Å². The van der Waals surface area contributed by atoms with Gasteiger partial charge in [0.1, 0.15) is 23.3 Å². The first-order valence-electron chi connectivity index (χ1n) is 10.8. The van der Waals surface area contributed by atoms with Crippen molar-refractivity contribution in [2.45, 2.75) is 27.2 Å². The summed E-state index contributed by atoms with van der Waals surface area (Å²) in [6.45, 7) is 9.22. The highest BCUT2D eigenvalue weighted by Gasteiger charge is 2.18. The summed E-state index contributed by atoms with van der Waals surface area (Å²) in [5.74, 6) is 0.578. The molecule has 7 nitrogen and oxygen atoms in total. The number of aryl methyl sites for hydroxylation is 1. The molecule has 1 aromatic carbocycles. The van der Waals surface area contributed by atoms with Gasteiger partial charge in [0.25, 0.3) is 0 Å². The summed E-state index contributed by atoms with van der Waals surface area (Å²) in [5.41, 5.74) is 9.82. The molecule has 1 aliphatic heterocycles. The van der Waals surface area contributed by atoms with Crippen LogP contribution in [-0.2, 0) is 11.2 Å². The Morgan fingerprint density at radius 2 is 2.06 bits per heavy atom. The lowest BCUT2D eigenvalue weighted by atomic mass is 10.1. The Bertz CT molecular complexity index is 1090. The first-order chi connectivity index (χ1) is 15.7. The Morgan fingerprint density at radius 3 is 2.73 bits per heavy atom. The Hall–Kier alpha value is -2.81. The Morgan fingerprint density at radius 1 is 1.33 bits per heavy atom. The second-order valence-corrected chi connectivity index (χ2v) is 8.71. The number of rotatable bonds is 7. The number of hydrogen-bond donors (Lipinski definition) is 3. The van der Waals surface area contributed by atoms with Crippen molar-refractivity contribution in [1.82, 2.24) is 14.9 Å². The minimum Gasteiger partial charge on any atom is -0.384 e. The lowest BCUT2D eigenvalue weighted by Gasteiger charge is -2.27. The average molecular weight is 473 g/mol. The van der Waals surface area contributed by atoms with Gasteiger partial charge in [-0.25, -0.2) is 14.4 Å². The number of amidine groups is 2. The third kappa shape index (κ3) is 7.35. The number of aliphatic imine (C=N–C) groups is 1. The predicted molar refractivity (Wildman–Crippen MR) is 132 cm³/mol. The number of morpholine rings is 1. The number of nitrogens with one attached hydrogen (secondary N) is 2. The van der Waals surface area contributed by atoms with E-state index in [1.54, 1.807) is 24.3 Å². The van der Waals surface area contributed by atoms with Gasteiger partial charge < -0.3 is 15.5 Å². The number of halogens is 2. The monoisotopic (exact) mass is 472 g/mol. The fourth-order valence-corrected chi connectivity index (χ4v) is 3.68. The fourth-order valence-electron chi connectivity index (χ4n) is 3.52.